The molecule has 0 aromatic carbocycles. The van der Waals surface area contributed by atoms with Crippen molar-refractivity contribution in [2.75, 3.05) is 19.8 Å². The molecule has 0 aromatic rings. The first-order chi connectivity index (χ1) is 13.0. The Hall–Kier alpha value is -0.610. The summed E-state index contributed by atoms with van der Waals surface area (Å²) in [6.45, 7) is 11.0. The molecule has 0 bridgehead atoms. The molecule has 5 fully saturated rings. The monoisotopic (exact) mass is 378 g/mol. The third-order valence-electron chi connectivity index (χ3n) is 9.18. The highest BCUT2D eigenvalue weighted by Gasteiger charge is 2.67. The summed E-state index contributed by atoms with van der Waals surface area (Å²) in [5, 5.41) is 0. The number of hydrogen-bond acceptors (Lipinski definition) is 4. The van der Waals surface area contributed by atoms with Crippen molar-refractivity contribution < 1.29 is 19.0 Å². The maximum atomic E-state index is 12.0. The van der Waals surface area contributed by atoms with E-state index in [0.717, 1.165) is 37.9 Å². The molecule has 4 heteroatoms. The molecule has 4 nitrogen and oxygen atoms in total. The van der Waals surface area contributed by atoms with Crippen molar-refractivity contribution in [1.82, 2.24) is 0 Å². The molecular formula is C23H38O4. The highest BCUT2D eigenvalue weighted by Crippen LogP contribution is 2.68. The summed E-state index contributed by atoms with van der Waals surface area (Å²) in [4.78, 5) is 12.0. The standard InChI is InChI=1S/C21H32O4.C2H6/c1-19-9-10-23-18(22)13-14(19)3-4-15-16(19)5-7-20(2)17(15)6-8-21(20)24-11-12-25-21;1-2/h14-17H,3-13H2,1-2H3;1-2H3/t14-,15+,16-,17-,19?,20-;/m0./s1. The predicted molar refractivity (Wildman–Crippen MR) is 104 cm³/mol. The van der Waals surface area contributed by atoms with Crippen LogP contribution >= 0.6 is 0 Å². The topological polar surface area (TPSA) is 44.8 Å². The van der Waals surface area contributed by atoms with Crippen molar-refractivity contribution in [3.63, 3.8) is 0 Å². The number of rotatable bonds is 0. The van der Waals surface area contributed by atoms with E-state index in [2.05, 4.69) is 13.8 Å². The lowest BCUT2D eigenvalue weighted by molar-refractivity contribution is -0.246. The molecule has 27 heavy (non-hydrogen) atoms. The fraction of sp³-hybridized carbons (Fsp3) is 0.957. The molecule has 5 aliphatic rings. The maximum Gasteiger partial charge on any atom is 0.306 e. The molecule has 1 unspecified atom stereocenters. The lowest BCUT2D eigenvalue weighted by Gasteiger charge is -2.59. The molecular weight excluding hydrogens is 340 g/mol. The second-order valence-corrected chi connectivity index (χ2v) is 9.78. The van der Waals surface area contributed by atoms with Gasteiger partial charge in [0.25, 0.3) is 0 Å². The zero-order valence-electron chi connectivity index (χ0n) is 17.7. The lowest BCUT2D eigenvalue weighted by Crippen LogP contribution is -2.56. The van der Waals surface area contributed by atoms with E-state index in [1.54, 1.807) is 0 Å². The Kier molecular flexibility index (Phi) is 5.12. The molecule has 0 aromatic heterocycles. The molecule has 0 N–H and O–H groups in total. The molecule has 3 aliphatic carbocycles. The maximum absolute atomic E-state index is 12.0. The average Bonchev–Trinajstić information content (AvgIpc) is 3.22. The second kappa shape index (κ2) is 7.02. The largest absolute Gasteiger partial charge is 0.466 e. The first kappa shape index (κ1) is 19.7. The van der Waals surface area contributed by atoms with Crippen LogP contribution in [0.3, 0.4) is 0 Å². The van der Waals surface area contributed by atoms with Gasteiger partial charge in [-0.1, -0.05) is 27.7 Å². The average molecular weight is 379 g/mol. The third kappa shape index (κ3) is 2.73. The van der Waals surface area contributed by atoms with E-state index in [-0.39, 0.29) is 22.6 Å². The van der Waals surface area contributed by atoms with Gasteiger partial charge in [-0.25, -0.2) is 0 Å². The van der Waals surface area contributed by atoms with Gasteiger partial charge in [-0.3, -0.25) is 4.79 Å². The van der Waals surface area contributed by atoms with Gasteiger partial charge in [0.15, 0.2) is 5.79 Å². The number of carbonyl (C=O) groups is 1. The highest BCUT2D eigenvalue weighted by molar-refractivity contribution is 5.70. The van der Waals surface area contributed by atoms with E-state index in [9.17, 15) is 4.79 Å². The Balaban J connectivity index is 0.000000872. The second-order valence-electron chi connectivity index (χ2n) is 9.78. The number of cyclic esters (lactones) is 1. The van der Waals surface area contributed by atoms with Gasteiger partial charge in [-0.2, -0.15) is 0 Å². The van der Waals surface area contributed by atoms with Crippen LogP contribution in [0, 0.1) is 34.5 Å². The van der Waals surface area contributed by atoms with Crippen LogP contribution in [0.5, 0.6) is 0 Å². The summed E-state index contributed by atoms with van der Waals surface area (Å²) in [6.07, 6.45) is 8.92. The molecule has 0 radical (unpaired) electrons. The quantitative estimate of drug-likeness (QED) is 0.559. The molecule has 0 amide bonds. The smallest absolute Gasteiger partial charge is 0.306 e. The molecule has 6 atom stereocenters. The van der Waals surface area contributed by atoms with E-state index in [0.29, 0.717) is 24.9 Å². The lowest BCUT2D eigenvalue weighted by atomic mass is 9.46. The molecule has 154 valence electrons. The van der Waals surface area contributed by atoms with Gasteiger partial charge in [0.05, 0.1) is 19.8 Å². The Morgan fingerprint density at radius 1 is 0.852 bits per heavy atom. The van der Waals surface area contributed by atoms with Crippen LogP contribution in [0.1, 0.15) is 79.1 Å². The summed E-state index contributed by atoms with van der Waals surface area (Å²) in [7, 11) is 0. The third-order valence-corrected chi connectivity index (χ3v) is 9.18. The number of hydrogen-bond donors (Lipinski definition) is 0. The van der Waals surface area contributed by atoms with Gasteiger partial charge in [0.1, 0.15) is 0 Å². The normalized spacial score (nSPS) is 47.8. The molecule has 2 aliphatic heterocycles. The minimum absolute atomic E-state index is 0.0281. The van der Waals surface area contributed by atoms with Crippen molar-refractivity contribution in [2.24, 2.45) is 34.5 Å². The summed E-state index contributed by atoms with van der Waals surface area (Å²) < 4.78 is 17.9. The Labute approximate surface area is 164 Å². The summed E-state index contributed by atoms with van der Waals surface area (Å²) in [5.74, 6) is 2.45. The number of ether oxygens (including phenoxy) is 3. The molecule has 5 rings (SSSR count). The minimum atomic E-state index is -0.303. The Bertz CT molecular complexity index is 569. The van der Waals surface area contributed by atoms with Crippen LogP contribution in [0.25, 0.3) is 0 Å². The fourth-order valence-electron chi connectivity index (χ4n) is 7.79. The summed E-state index contributed by atoms with van der Waals surface area (Å²) >= 11 is 0. The van der Waals surface area contributed by atoms with Crippen molar-refractivity contribution in [3.05, 3.63) is 0 Å². The van der Waals surface area contributed by atoms with Gasteiger partial charge < -0.3 is 14.2 Å². The zero-order valence-corrected chi connectivity index (χ0v) is 17.7. The van der Waals surface area contributed by atoms with Crippen molar-refractivity contribution in [1.29, 1.82) is 0 Å². The summed E-state index contributed by atoms with van der Waals surface area (Å²) in [5.41, 5.74) is 0.439. The Morgan fingerprint density at radius 2 is 1.56 bits per heavy atom. The molecule has 2 saturated heterocycles. The first-order valence-corrected chi connectivity index (χ1v) is 11.4. The van der Waals surface area contributed by atoms with Gasteiger partial charge >= 0.3 is 5.97 Å². The molecule has 1 spiro atoms. The minimum Gasteiger partial charge on any atom is -0.466 e. The summed E-state index contributed by atoms with van der Waals surface area (Å²) in [6, 6.07) is 0. The number of carbonyl (C=O) groups excluding carboxylic acids is 1. The first-order valence-electron chi connectivity index (χ1n) is 11.4. The van der Waals surface area contributed by atoms with Crippen molar-refractivity contribution in [3.8, 4) is 0 Å². The molecule has 3 saturated carbocycles. The van der Waals surface area contributed by atoms with Crippen molar-refractivity contribution in [2.45, 2.75) is 84.8 Å². The highest BCUT2D eigenvalue weighted by atomic mass is 16.7. The van der Waals surface area contributed by atoms with Crippen molar-refractivity contribution >= 4 is 5.97 Å². The molecule has 2 heterocycles. The van der Waals surface area contributed by atoms with Crippen LogP contribution in [0.4, 0.5) is 0 Å². The van der Waals surface area contributed by atoms with E-state index in [4.69, 9.17) is 14.2 Å². The van der Waals surface area contributed by atoms with Crippen LogP contribution in [0.15, 0.2) is 0 Å². The van der Waals surface area contributed by atoms with E-state index < -0.39 is 0 Å². The fourth-order valence-corrected chi connectivity index (χ4v) is 7.79. The van der Waals surface area contributed by atoms with E-state index in [1.807, 2.05) is 13.8 Å². The van der Waals surface area contributed by atoms with Gasteiger partial charge in [0, 0.05) is 18.3 Å². The Morgan fingerprint density at radius 3 is 2.30 bits per heavy atom. The SMILES string of the molecule is CC.CC12CCOC(=O)C[C@@H]1CC[C@@H]1[C@@H]2CC[C@@]2(C)[C@H]1CCC21OCCO1. The van der Waals surface area contributed by atoms with E-state index in [1.165, 1.54) is 32.1 Å². The number of esters is 1. The number of fused-ring (bicyclic) bond motifs is 6. The zero-order chi connectivity index (χ0) is 19.3. The van der Waals surface area contributed by atoms with Crippen LogP contribution in [-0.4, -0.2) is 31.6 Å². The predicted octanol–water partition coefficient (Wildman–Crippen LogP) is 4.95. The van der Waals surface area contributed by atoms with E-state index >= 15 is 0 Å². The van der Waals surface area contributed by atoms with Crippen LogP contribution in [-0.2, 0) is 19.0 Å². The van der Waals surface area contributed by atoms with Gasteiger partial charge in [0.2, 0.25) is 0 Å². The van der Waals surface area contributed by atoms with Crippen LogP contribution in [0.2, 0.25) is 0 Å². The van der Waals surface area contributed by atoms with Gasteiger partial charge in [-0.15, -0.1) is 0 Å². The van der Waals surface area contributed by atoms with Crippen LogP contribution < -0.4 is 0 Å². The van der Waals surface area contributed by atoms with Gasteiger partial charge in [-0.05, 0) is 67.6 Å².